The van der Waals surface area contributed by atoms with E-state index in [0.29, 0.717) is 10.7 Å². The van der Waals surface area contributed by atoms with E-state index in [-0.39, 0.29) is 12.8 Å². The molecule has 0 fully saturated rings. The highest BCUT2D eigenvalue weighted by atomic mass is 35.5. The molecule has 2 aromatic rings. The molecule has 0 radical (unpaired) electrons. The summed E-state index contributed by atoms with van der Waals surface area (Å²) in [5.74, 6) is -3.28. The van der Waals surface area contributed by atoms with Gasteiger partial charge in [0.15, 0.2) is 0 Å². The number of nitrogens with one attached hydrogen (secondary N) is 3. The van der Waals surface area contributed by atoms with E-state index in [0.717, 1.165) is 5.56 Å². The van der Waals surface area contributed by atoms with Crippen molar-refractivity contribution in [1.29, 1.82) is 0 Å². The van der Waals surface area contributed by atoms with E-state index in [9.17, 15) is 24.3 Å². The van der Waals surface area contributed by atoms with E-state index in [1.807, 2.05) is 0 Å². The third-order valence-corrected chi connectivity index (χ3v) is 4.52. The van der Waals surface area contributed by atoms with Crippen LogP contribution >= 0.6 is 11.6 Å². The molecule has 0 spiro atoms. The predicted octanol–water partition coefficient (Wildman–Crippen LogP) is 2.51. The quantitative estimate of drug-likeness (QED) is 0.378. The van der Waals surface area contributed by atoms with Crippen LogP contribution in [-0.2, 0) is 20.8 Å². The fourth-order valence-electron chi connectivity index (χ4n) is 2.72. The fraction of sp³-hybridized carbons (Fsp3) is 0.238. The molecule has 0 unspecified atom stereocenters. The second-order valence-corrected chi connectivity index (χ2v) is 7.12. The van der Waals surface area contributed by atoms with Crippen LogP contribution in [0.3, 0.4) is 0 Å². The predicted molar refractivity (Wildman–Crippen MR) is 114 cm³/mol. The third kappa shape index (κ3) is 8.35. The number of carboxylic acids is 2. The maximum Gasteiger partial charge on any atom is 0.326 e. The molecule has 0 aliphatic heterocycles. The molecule has 0 aliphatic carbocycles. The SMILES string of the molecule is O=C(O)CC[C@@H](NC(=O)[C@H](Cc1ccccc1)NC(=O)Nc1ccc(Cl)cc1)C(=O)O. The zero-order chi connectivity index (χ0) is 22.8. The third-order valence-electron chi connectivity index (χ3n) is 4.27. The summed E-state index contributed by atoms with van der Waals surface area (Å²) in [5, 5.41) is 26.0. The van der Waals surface area contributed by atoms with Gasteiger partial charge in [0.05, 0.1) is 0 Å². The molecule has 31 heavy (non-hydrogen) atoms. The van der Waals surface area contributed by atoms with Crippen LogP contribution in [0.2, 0.25) is 5.02 Å². The summed E-state index contributed by atoms with van der Waals surface area (Å²) in [6.45, 7) is 0. The summed E-state index contributed by atoms with van der Waals surface area (Å²) in [7, 11) is 0. The van der Waals surface area contributed by atoms with Gasteiger partial charge in [-0.3, -0.25) is 9.59 Å². The summed E-state index contributed by atoms with van der Waals surface area (Å²) in [6.07, 6.45) is -0.609. The zero-order valence-corrected chi connectivity index (χ0v) is 17.1. The first-order valence-corrected chi connectivity index (χ1v) is 9.74. The van der Waals surface area contributed by atoms with Crippen molar-refractivity contribution in [2.45, 2.75) is 31.3 Å². The fourth-order valence-corrected chi connectivity index (χ4v) is 2.84. The molecule has 2 aromatic carbocycles. The van der Waals surface area contributed by atoms with E-state index in [1.165, 1.54) is 0 Å². The Bertz CT molecular complexity index is 920. The van der Waals surface area contributed by atoms with Crippen LogP contribution in [-0.4, -0.2) is 46.2 Å². The Hall–Kier alpha value is -3.59. The Morgan fingerprint density at radius 1 is 0.871 bits per heavy atom. The molecule has 0 aliphatic rings. The van der Waals surface area contributed by atoms with Crippen molar-refractivity contribution in [2.75, 3.05) is 5.32 Å². The lowest BCUT2D eigenvalue weighted by Gasteiger charge is -2.21. The average molecular weight is 448 g/mol. The van der Waals surface area contributed by atoms with Gasteiger partial charge in [0.2, 0.25) is 5.91 Å². The summed E-state index contributed by atoms with van der Waals surface area (Å²) in [5.41, 5.74) is 1.19. The molecule has 3 amide bonds. The summed E-state index contributed by atoms with van der Waals surface area (Å²) >= 11 is 5.82. The van der Waals surface area contributed by atoms with Crippen LogP contribution in [0.5, 0.6) is 0 Å². The van der Waals surface area contributed by atoms with Crippen molar-refractivity contribution >= 4 is 41.2 Å². The topological polar surface area (TPSA) is 145 Å². The summed E-state index contributed by atoms with van der Waals surface area (Å²) < 4.78 is 0. The van der Waals surface area contributed by atoms with Gasteiger partial charge in [-0.1, -0.05) is 41.9 Å². The first-order chi connectivity index (χ1) is 14.7. The molecule has 0 aromatic heterocycles. The minimum Gasteiger partial charge on any atom is -0.481 e. The molecule has 2 atom stereocenters. The van der Waals surface area contributed by atoms with E-state index in [2.05, 4.69) is 16.0 Å². The number of halogens is 1. The number of aliphatic carboxylic acids is 2. The highest BCUT2D eigenvalue weighted by Gasteiger charge is 2.27. The Morgan fingerprint density at radius 3 is 2.10 bits per heavy atom. The maximum atomic E-state index is 12.8. The number of carboxylic acid groups (broad SMARTS) is 2. The van der Waals surface area contributed by atoms with Crippen molar-refractivity contribution in [3.05, 3.63) is 65.2 Å². The lowest BCUT2D eigenvalue weighted by molar-refractivity contribution is -0.143. The van der Waals surface area contributed by atoms with Crippen LogP contribution in [0.25, 0.3) is 0 Å². The molecule has 10 heteroatoms. The summed E-state index contributed by atoms with van der Waals surface area (Å²) in [6, 6.07) is 12.0. The standard InChI is InChI=1S/C21H22ClN3O6/c22-14-6-8-15(9-7-14)23-21(31)25-17(12-13-4-2-1-3-5-13)19(28)24-16(20(29)30)10-11-18(26)27/h1-9,16-17H,10-12H2,(H,24,28)(H,26,27)(H,29,30)(H2,23,25,31)/t16-,17+/m1/s1. The van der Waals surface area contributed by atoms with Gasteiger partial charge in [0.25, 0.3) is 0 Å². The maximum absolute atomic E-state index is 12.8. The van der Waals surface area contributed by atoms with Crippen molar-refractivity contribution in [3.63, 3.8) is 0 Å². The molecule has 2 rings (SSSR count). The number of benzene rings is 2. The van der Waals surface area contributed by atoms with Gasteiger partial charge in [-0.05, 0) is 36.2 Å². The number of rotatable bonds is 10. The zero-order valence-electron chi connectivity index (χ0n) is 16.4. The molecule has 9 nitrogen and oxygen atoms in total. The largest absolute Gasteiger partial charge is 0.481 e. The Kier molecular flexibility index (Phi) is 8.83. The van der Waals surface area contributed by atoms with Crippen LogP contribution in [0, 0.1) is 0 Å². The molecular weight excluding hydrogens is 426 g/mol. The Morgan fingerprint density at radius 2 is 1.52 bits per heavy atom. The number of amides is 3. The number of anilines is 1. The molecule has 0 saturated carbocycles. The molecule has 5 N–H and O–H groups in total. The van der Waals surface area contributed by atoms with Gasteiger partial charge in [-0.15, -0.1) is 0 Å². The molecular formula is C21H22ClN3O6. The van der Waals surface area contributed by atoms with E-state index < -0.39 is 42.4 Å². The van der Waals surface area contributed by atoms with Gasteiger partial charge in [0.1, 0.15) is 12.1 Å². The lowest BCUT2D eigenvalue weighted by atomic mass is 10.0. The van der Waals surface area contributed by atoms with Crippen LogP contribution in [0.4, 0.5) is 10.5 Å². The number of hydrogen-bond donors (Lipinski definition) is 5. The van der Waals surface area contributed by atoms with Gasteiger partial charge >= 0.3 is 18.0 Å². The highest BCUT2D eigenvalue weighted by Crippen LogP contribution is 2.13. The molecule has 164 valence electrons. The number of carbonyl (C=O) groups excluding carboxylic acids is 2. The normalized spacial score (nSPS) is 12.3. The van der Waals surface area contributed by atoms with Gasteiger partial charge in [-0.2, -0.15) is 0 Å². The van der Waals surface area contributed by atoms with Crippen LogP contribution in [0.1, 0.15) is 18.4 Å². The first kappa shape index (κ1) is 23.7. The Balaban J connectivity index is 2.11. The van der Waals surface area contributed by atoms with E-state index in [4.69, 9.17) is 16.7 Å². The average Bonchev–Trinajstić information content (AvgIpc) is 2.72. The van der Waals surface area contributed by atoms with Gasteiger partial charge < -0.3 is 26.2 Å². The summed E-state index contributed by atoms with van der Waals surface area (Å²) in [4.78, 5) is 47.3. The minimum absolute atomic E-state index is 0.103. The Labute approximate surface area is 183 Å². The molecule has 0 heterocycles. The van der Waals surface area contributed by atoms with Crippen LogP contribution < -0.4 is 16.0 Å². The first-order valence-electron chi connectivity index (χ1n) is 9.36. The second-order valence-electron chi connectivity index (χ2n) is 6.68. The van der Waals surface area contributed by atoms with E-state index in [1.54, 1.807) is 54.6 Å². The van der Waals surface area contributed by atoms with Crippen LogP contribution in [0.15, 0.2) is 54.6 Å². The molecule has 0 bridgehead atoms. The highest BCUT2D eigenvalue weighted by molar-refractivity contribution is 6.30. The van der Waals surface area contributed by atoms with Gasteiger partial charge in [0, 0.05) is 23.6 Å². The van der Waals surface area contributed by atoms with Crippen molar-refractivity contribution in [1.82, 2.24) is 10.6 Å². The van der Waals surface area contributed by atoms with Gasteiger partial charge in [-0.25, -0.2) is 9.59 Å². The smallest absolute Gasteiger partial charge is 0.326 e. The lowest BCUT2D eigenvalue weighted by Crippen LogP contribution is -2.53. The van der Waals surface area contributed by atoms with Crippen molar-refractivity contribution < 1.29 is 29.4 Å². The van der Waals surface area contributed by atoms with E-state index >= 15 is 0 Å². The molecule has 0 saturated heterocycles. The number of urea groups is 1. The number of carbonyl (C=O) groups is 4. The number of hydrogen-bond acceptors (Lipinski definition) is 4. The van der Waals surface area contributed by atoms with Crippen molar-refractivity contribution in [2.24, 2.45) is 0 Å². The van der Waals surface area contributed by atoms with Crippen molar-refractivity contribution in [3.8, 4) is 0 Å². The monoisotopic (exact) mass is 447 g/mol. The second kappa shape index (κ2) is 11.6. The minimum atomic E-state index is -1.40.